The van der Waals surface area contributed by atoms with E-state index >= 15 is 0 Å². The summed E-state index contributed by atoms with van der Waals surface area (Å²) in [6, 6.07) is 0. The van der Waals surface area contributed by atoms with E-state index in [0.717, 1.165) is 0 Å². The summed E-state index contributed by atoms with van der Waals surface area (Å²) in [5.74, 6) is -1.12. The summed E-state index contributed by atoms with van der Waals surface area (Å²) in [5, 5.41) is 0. The molecule has 5 heteroatoms. The first-order valence-electron chi connectivity index (χ1n) is 4.44. The molecule has 0 saturated carbocycles. The lowest BCUT2D eigenvalue weighted by atomic mass is 10.2. The number of hydrogen-bond donors (Lipinski definition) is 0. The van der Waals surface area contributed by atoms with E-state index in [1.807, 2.05) is 0 Å². The summed E-state index contributed by atoms with van der Waals surface area (Å²) in [6.45, 7) is 4.95. The van der Waals surface area contributed by atoms with Crippen LogP contribution in [0.25, 0.3) is 0 Å². The predicted molar refractivity (Wildman–Crippen MR) is 51.8 cm³/mol. The molecule has 0 unspecified atom stereocenters. The van der Waals surface area contributed by atoms with Crippen molar-refractivity contribution in [3.05, 3.63) is 12.2 Å². The molecular weight excluding hydrogens is 200 g/mol. The Kier molecular flexibility index (Phi) is 6.01. The van der Waals surface area contributed by atoms with Crippen LogP contribution in [0, 0.1) is 0 Å². The first-order valence-corrected chi connectivity index (χ1v) is 4.44. The molecule has 0 aliphatic carbocycles. The maximum atomic E-state index is 10.2. The summed E-state index contributed by atoms with van der Waals surface area (Å²) in [7, 11) is 1.33. The van der Waals surface area contributed by atoms with E-state index in [2.05, 4.69) is 16.1 Å². The molecule has 1 heterocycles. The highest BCUT2D eigenvalue weighted by atomic mass is 16.6. The van der Waals surface area contributed by atoms with Gasteiger partial charge in [-0.2, -0.15) is 0 Å². The Labute approximate surface area is 88.0 Å². The molecule has 0 bridgehead atoms. The number of methoxy groups -OCH3 is 1. The Morgan fingerprint density at radius 1 is 1.33 bits per heavy atom. The van der Waals surface area contributed by atoms with Crippen molar-refractivity contribution in [2.45, 2.75) is 26.2 Å². The van der Waals surface area contributed by atoms with Gasteiger partial charge in [-0.3, -0.25) is 9.59 Å². The molecule has 1 rings (SSSR count). The lowest BCUT2D eigenvalue weighted by molar-refractivity contribution is -0.163. The smallest absolute Gasteiger partial charge is 0.332 e. The largest absolute Gasteiger partial charge is 0.466 e. The topological polar surface area (TPSA) is 69.7 Å². The van der Waals surface area contributed by atoms with Crippen molar-refractivity contribution in [2.24, 2.45) is 0 Å². The molecule has 0 aromatic heterocycles. The number of ether oxygens (including phenoxy) is 2. The number of esters is 3. The van der Waals surface area contributed by atoms with Crippen molar-refractivity contribution in [3.63, 3.8) is 0 Å². The van der Waals surface area contributed by atoms with Crippen LogP contribution in [0.1, 0.15) is 26.2 Å². The fraction of sp³-hybridized carbons (Fsp3) is 0.500. The van der Waals surface area contributed by atoms with Crippen LogP contribution >= 0.6 is 0 Å². The average Bonchev–Trinajstić information content (AvgIpc) is 2.17. The second kappa shape index (κ2) is 6.75. The average molecular weight is 214 g/mol. The van der Waals surface area contributed by atoms with Crippen molar-refractivity contribution >= 4 is 17.9 Å². The van der Waals surface area contributed by atoms with Crippen molar-refractivity contribution in [1.82, 2.24) is 0 Å². The highest BCUT2D eigenvalue weighted by Gasteiger charge is 2.15. The highest BCUT2D eigenvalue weighted by Crippen LogP contribution is 2.06. The molecule has 84 valence electrons. The lowest BCUT2D eigenvalue weighted by Crippen LogP contribution is -2.17. The molecule has 0 aromatic rings. The van der Waals surface area contributed by atoms with Gasteiger partial charge in [0.15, 0.2) is 0 Å². The van der Waals surface area contributed by atoms with Crippen LogP contribution < -0.4 is 0 Å². The highest BCUT2D eigenvalue weighted by molar-refractivity contribution is 5.87. The summed E-state index contributed by atoms with van der Waals surface area (Å²) < 4.78 is 8.48. The third kappa shape index (κ3) is 6.42. The van der Waals surface area contributed by atoms with Crippen LogP contribution in [-0.4, -0.2) is 25.0 Å². The summed E-state index contributed by atoms with van der Waals surface area (Å²) in [5.41, 5.74) is 0.433. The van der Waals surface area contributed by atoms with E-state index in [4.69, 9.17) is 0 Å². The van der Waals surface area contributed by atoms with Gasteiger partial charge < -0.3 is 9.47 Å². The van der Waals surface area contributed by atoms with E-state index in [1.54, 1.807) is 6.92 Å². The zero-order valence-electron chi connectivity index (χ0n) is 8.87. The molecule has 1 aliphatic rings. The second-order valence-corrected chi connectivity index (χ2v) is 2.97. The van der Waals surface area contributed by atoms with E-state index in [-0.39, 0.29) is 17.9 Å². The summed E-state index contributed by atoms with van der Waals surface area (Å²) in [6.07, 6.45) is 1.44. The molecular formula is C10H14O5. The minimum absolute atomic E-state index is 0.347. The third-order valence-electron chi connectivity index (χ3n) is 1.52. The van der Waals surface area contributed by atoms with Crippen molar-refractivity contribution in [2.75, 3.05) is 7.11 Å². The minimum atomic E-state index is -0.388. The molecule has 0 atom stereocenters. The van der Waals surface area contributed by atoms with Crippen LogP contribution in [0.2, 0.25) is 0 Å². The van der Waals surface area contributed by atoms with Crippen LogP contribution in [0.3, 0.4) is 0 Å². The molecule has 0 spiro atoms. The lowest BCUT2D eigenvalue weighted by Gasteiger charge is -2.06. The van der Waals surface area contributed by atoms with Crippen molar-refractivity contribution < 1.29 is 23.9 Å². The number of carbonyl (C=O) groups is 3. The van der Waals surface area contributed by atoms with Gasteiger partial charge in [-0.05, 0) is 13.3 Å². The van der Waals surface area contributed by atoms with Gasteiger partial charge in [-0.15, -0.1) is 0 Å². The molecule has 0 N–H and O–H groups in total. The van der Waals surface area contributed by atoms with E-state index in [1.165, 1.54) is 7.11 Å². The van der Waals surface area contributed by atoms with Crippen LogP contribution in [0.5, 0.6) is 0 Å². The van der Waals surface area contributed by atoms with Crippen LogP contribution in [0.15, 0.2) is 12.2 Å². The predicted octanol–water partition coefficient (Wildman–Crippen LogP) is 0.976. The maximum absolute atomic E-state index is 10.2. The number of hydrogen-bond acceptors (Lipinski definition) is 5. The van der Waals surface area contributed by atoms with Crippen molar-refractivity contribution in [1.29, 1.82) is 0 Å². The molecule has 15 heavy (non-hydrogen) atoms. The van der Waals surface area contributed by atoms with E-state index < -0.39 is 0 Å². The minimum Gasteiger partial charge on any atom is -0.466 e. The Balaban J connectivity index is 0.000000265. The molecule has 0 amide bonds. The third-order valence-corrected chi connectivity index (χ3v) is 1.52. The molecule has 5 nitrogen and oxygen atoms in total. The summed E-state index contributed by atoms with van der Waals surface area (Å²) in [4.78, 5) is 30.7. The van der Waals surface area contributed by atoms with Gasteiger partial charge in [0.05, 0.1) is 7.11 Å². The maximum Gasteiger partial charge on any atom is 0.332 e. The number of cyclic esters (lactones) is 2. The summed E-state index contributed by atoms with van der Waals surface area (Å²) >= 11 is 0. The van der Waals surface area contributed by atoms with E-state index in [0.29, 0.717) is 24.8 Å². The van der Waals surface area contributed by atoms with Gasteiger partial charge in [-0.1, -0.05) is 6.58 Å². The molecule has 1 aliphatic heterocycles. The Morgan fingerprint density at radius 2 is 1.80 bits per heavy atom. The first kappa shape index (κ1) is 13.4. The Hall–Kier alpha value is -1.65. The number of carbonyl (C=O) groups excluding carboxylic acids is 3. The SMILES string of the molecule is C=C(C)C(=O)OC.O=C1CCCC(=O)O1. The molecule has 0 aromatic carbocycles. The van der Waals surface area contributed by atoms with Gasteiger partial charge >= 0.3 is 17.9 Å². The monoisotopic (exact) mass is 214 g/mol. The second-order valence-electron chi connectivity index (χ2n) is 2.97. The normalized spacial score (nSPS) is 14.5. The van der Waals surface area contributed by atoms with Gasteiger partial charge in [0.2, 0.25) is 0 Å². The van der Waals surface area contributed by atoms with E-state index in [9.17, 15) is 14.4 Å². The van der Waals surface area contributed by atoms with Crippen LogP contribution in [0.4, 0.5) is 0 Å². The molecule has 0 radical (unpaired) electrons. The fourth-order valence-electron chi connectivity index (χ4n) is 0.780. The Morgan fingerprint density at radius 3 is 1.93 bits per heavy atom. The molecule has 1 saturated heterocycles. The molecule has 1 fully saturated rings. The fourth-order valence-corrected chi connectivity index (χ4v) is 0.780. The van der Waals surface area contributed by atoms with Gasteiger partial charge in [0, 0.05) is 18.4 Å². The zero-order chi connectivity index (χ0) is 11.8. The Bertz CT molecular complexity index is 266. The number of rotatable bonds is 1. The van der Waals surface area contributed by atoms with Gasteiger partial charge in [0.25, 0.3) is 0 Å². The quantitative estimate of drug-likeness (QED) is 0.369. The first-order chi connectivity index (χ1) is 6.97. The standard InChI is InChI=1S/C5H6O3.C5H8O2/c6-4-2-1-3-5(7)8-4;1-4(2)5(6)7-3/h1-3H2;1H2,2-3H3. The van der Waals surface area contributed by atoms with Gasteiger partial charge in [0.1, 0.15) is 0 Å². The van der Waals surface area contributed by atoms with Crippen LogP contribution in [-0.2, 0) is 23.9 Å². The van der Waals surface area contributed by atoms with Gasteiger partial charge in [-0.25, -0.2) is 4.79 Å². The van der Waals surface area contributed by atoms with Crippen molar-refractivity contribution in [3.8, 4) is 0 Å². The zero-order valence-corrected chi connectivity index (χ0v) is 8.87.